The number of nitrogens with one attached hydrogen (secondary N) is 2. The molecule has 5 nitrogen and oxygen atoms in total. The first-order chi connectivity index (χ1) is 15.4. The highest BCUT2D eigenvalue weighted by Gasteiger charge is 2.15. The molecule has 0 spiro atoms. The monoisotopic (exact) mass is 446 g/mol. The number of nitrogens with zero attached hydrogens (tertiary/aromatic N) is 2. The first-order valence-corrected chi connectivity index (χ1v) is 11.8. The third kappa shape index (κ3) is 4.61. The van der Waals surface area contributed by atoms with Crippen LogP contribution < -0.4 is 5.32 Å². The number of aromatic nitrogens is 2. The number of hydrogen-bond acceptors (Lipinski definition) is 4. The summed E-state index contributed by atoms with van der Waals surface area (Å²) in [6.45, 7) is 9.25. The van der Waals surface area contributed by atoms with E-state index in [1.807, 2.05) is 32.0 Å². The van der Waals surface area contributed by atoms with Gasteiger partial charge in [0, 0.05) is 33.7 Å². The van der Waals surface area contributed by atoms with Crippen LogP contribution >= 0.6 is 11.3 Å². The van der Waals surface area contributed by atoms with Gasteiger partial charge in [0.15, 0.2) is 0 Å². The van der Waals surface area contributed by atoms with Crippen molar-refractivity contribution in [2.75, 3.05) is 18.9 Å². The van der Waals surface area contributed by atoms with Gasteiger partial charge < -0.3 is 10.3 Å². The zero-order valence-corrected chi connectivity index (χ0v) is 20.2. The maximum Gasteiger partial charge on any atom is 0.238 e. The quantitative estimate of drug-likeness (QED) is 0.374. The molecule has 166 valence electrons. The van der Waals surface area contributed by atoms with Crippen molar-refractivity contribution in [2.24, 2.45) is 0 Å². The van der Waals surface area contributed by atoms with Crippen molar-refractivity contribution in [3.05, 3.63) is 69.2 Å². The Morgan fingerprint density at radius 1 is 1.19 bits per heavy atom. The molecule has 0 aliphatic carbocycles. The standard InChI is InChI=1S/C26H30N4OS/c1-6-19-8-7-9-20-21(12-27-26(19)20)22-15-32-24(28-22)14-30(5)13-23(31)29-25-17(3)10-16(2)11-18(25)4/h7-12,15,27H,6,13-14H2,1-5H3,(H,29,31). The van der Waals surface area contributed by atoms with E-state index in [0.717, 1.165) is 39.5 Å². The number of rotatable bonds is 7. The van der Waals surface area contributed by atoms with Crippen molar-refractivity contribution in [1.82, 2.24) is 14.9 Å². The first-order valence-electron chi connectivity index (χ1n) is 11.0. The number of para-hydroxylation sites is 1. The molecule has 0 atom stereocenters. The summed E-state index contributed by atoms with van der Waals surface area (Å²) in [5.74, 6) is -0.0111. The average Bonchev–Trinajstić information content (AvgIpc) is 3.37. The molecule has 1 amide bonds. The average molecular weight is 447 g/mol. The SMILES string of the molecule is CCc1cccc2c(-c3csc(CN(C)CC(=O)Nc4c(C)cc(C)cc4C)n3)c[nH]c12. The zero-order chi connectivity index (χ0) is 22.8. The van der Waals surface area contributed by atoms with Crippen LogP contribution in [0.3, 0.4) is 0 Å². The molecule has 32 heavy (non-hydrogen) atoms. The normalized spacial score (nSPS) is 11.4. The molecule has 0 bridgehead atoms. The third-order valence-corrected chi connectivity index (χ3v) is 6.60. The number of hydrogen-bond donors (Lipinski definition) is 2. The minimum Gasteiger partial charge on any atom is -0.360 e. The van der Waals surface area contributed by atoms with Crippen LogP contribution in [0.25, 0.3) is 22.2 Å². The highest BCUT2D eigenvalue weighted by atomic mass is 32.1. The van der Waals surface area contributed by atoms with Crippen LogP contribution in [0.2, 0.25) is 0 Å². The van der Waals surface area contributed by atoms with E-state index in [9.17, 15) is 4.79 Å². The molecule has 0 aliphatic rings. The second-order valence-corrected chi connectivity index (χ2v) is 9.46. The van der Waals surface area contributed by atoms with E-state index in [1.54, 1.807) is 11.3 Å². The smallest absolute Gasteiger partial charge is 0.238 e. The number of likely N-dealkylation sites (N-methyl/N-ethyl adjacent to an activating group) is 1. The Bertz CT molecular complexity index is 1250. The minimum absolute atomic E-state index is 0.0111. The molecule has 0 aliphatic heterocycles. The Labute approximate surface area is 193 Å². The fourth-order valence-corrected chi connectivity index (χ4v) is 5.19. The van der Waals surface area contributed by atoms with Gasteiger partial charge in [-0.3, -0.25) is 9.69 Å². The first kappa shape index (κ1) is 22.2. The maximum atomic E-state index is 12.6. The summed E-state index contributed by atoms with van der Waals surface area (Å²) >= 11 is 1.63. The predicted molar refractivity (Wildman–Crippen MR) is 134 cm³/mol. The molecule has 0 fully saturated rings. The van der Waals surface area contributed by atoms with Gasteiger partial charge in [0.05, 0.1) is 18.8 Å². The Morgan fingerprint density at radius 2 is 1.94 bits per heavy atom. The lowest BCUT2D eigenvalue weighted by atomic mass is 10.1. The van der Waals surface area contributed by atoms with Crippen molar-refractivity contribution < 1.29 is 4.79 Å². The highest BCUT2D eigenvalue weighted by molar-refractivity contribution is 7.09. The Hall–Kier alpha value is -2.96. The van der Waals surface area contributed by atoms with Crippen LogP contribution in [0.4, 0.5) is 5.69 Å². The maximum absolute atomic E-state index is 12.6. The number of anilines is 1. The lowest BCUT2D eigenvalue weighted by Crippen LogP contribution is -2.30. The summed E-state index contributed by atoms with van der Waals surface area (Å²) in [5.41, 5.74) is 8.91. The van der Waals surface area contributed by atoms with Crippen molar-refractivity contribution in [2.45, 2.75) is 40.7 Å². The summed E-state index contributed by atoms with van der Waals surface area (Å²) in [4.78, 5) is 22.9. The van der Waals surface area contributed by atoms with Crippen LogP contribution in [0.1, 0.15) is 34.2 Å². The Kier molecular flexibility index (Phi) is 6.44. The van der Waals surface area contributed by atoms with Crippen LogP contribution in [0.5, 0.6) is 0 Å². The lowest BCUT2D eigenvalue weighted by molar-refractivity contribution is -0.117. The van der Waals surface area contributed by atoms with E-state index in [4.69, 9.17) is 4.98 Å². The predicted octanol–water partition coefficient (Wildman–Crippen LogP) is 5.85. The van der Waals surface area contributed by atoms with E-state index >= 15 is 0 Å². The van der Waals surface area contributed by atoms with Crippen molar-refractivity contribution in [3.63, 3.8) is 0 Å². The van der Waals surface area contributed by atoms with Crippen LogP contribution in [0, 0.1) is 20.8 Å². The Morgan fingerprint density at radius 3 is 2.66 bits per heavy atom. The largest absolute Gasteiger partial charge is 0.360 e. The van der Waals surface area contributed by atoms with Gasteiger partial charge in [-0.25, -0.2) is 4.98 Å². The number of carbonyl (C=O) groups is 1. The van der Waals surface area contributed by atoms with E-state index in [-0.39, 0.29) is 5.91 Å². The van der Waals surface area contributed by atoms with Gasteiger partial charge >= 0.3 is 0 Å². The van der Waals surface area contributed by atoms with E-state index in [0.29, 0.717) is 13.1 Å². The highest BCUT2D eigenvalue weighted by Crippen LogP contribution is 2.31. The molecule has 0 radical (unpaired) electrons. The zero-order valence-electron chi connectivity index (χ0n) is 19.4. The molecule has 4 aromatic rings. The third-order valence-electron chi connectivity index (χ3n) is 5.77. The number of aromatic amines is 1. The van der Waals surface area contributed by atoms with Crippen molar-refractivity contribution >= 4 is 33.8 Å². The van der Waals surface area contributed by atoms with Crippen LogP contribution in [0.15, 0.2) is 41.9 Å². The number of fused-ring (bicyclic) bond motifs is 1. The molecule has 0 saturated carbocycles. The van der Waals surface area contributed by atoms with Crippen LogP contribution in [-0.2, 0) is 17.8 Å². The molecule has 0 saturated heterocycles. The Balaban J connectivity index is 1.42. The van der Waals surface area contributed by atoms with E-state index < -0.39 is 0 Å². The fourth-order valence-electron chi connectivity index (χ4n) is 4.32. The molecular formula is C26H30N4OS. The van der Waals surface area contributed by atoms with Gasteiger partial charge in [0.25, 0.3) is 0 Å². The molecule has 0 unspecified atom stereocenters. The number of thiazole rings is 1. The van der Waals surface area contributed by atoms with Gasteiger partial charge in [-0.05, 0) is 50.9 Å². The summed E-state index contributed by atoms with van der Waals surface area (Å²) in [6.07, 6.45) is 3.04. The van der Waals surface area contributed by atoms with Gasteiger partial charge in [-0.1, -0.05) is 42.8 Å². The molecule has 6 heteroatoms. The summed E-state index contributed by atoms with van der Waals surface area (Å²) < 4.78 is 0. The van der Waals surface area contributed by atoms with E-state index in [2.05, 4.69) is 59.9 Å². The van der Waals surface area contributed by atoms with Gasteiger partial charge in [-0.2, -0.15) is 0 Å². The summed E-state index contributed by atoms with van der Waals surface area (Å²) in [7, 11) is 1.95. The molecule has 2 aromatic carbocycles. The van der Waals surface area contributed by atoms with Gasteiger partial charge in [-0.15, -0.1) is 11.3 Å². The minimum atomic E-state index is -0.0111. The molecule has 2 N–H and O–H groups in total. The molecule has 4 rings (SSSR count). The molecule has 2 heterocycles. The van der Waals surface area contributed by atoms with Gasteiger partial charge in [0.1, 0.15) is 5.01 Å². The lowest BCUT2D eigenvalue weighted by Gasteiger charge is -2.17. The summed E-state index contributed by atoms with van der Waals surface area (Å²) in [6, 6.07) is 10.6. The fraction of sp³-hybridized carbons (Fsp3) is 0.308. The second kappa shape index (κ2) is 9.27. The number of carbonyl (C=O) groups excluding carboxylic acids is 1. The van der Waals surface area contributed by atoms with Gasteiger partial charge in [0.2, 0.25) is 5.91 Å². The number of benzene rings is 2. The molecular weight excluding hydrogens is 416 g/mol. The second-order valence-electron chi connectivity index (χ2n) is 8.52. The van der Waals surface area contributed by atoms with Crippen LogP contribution in [-0.4, -0.2) is 34.4 Å². The number of H-pyrrole nitrogens is 1. The number of aryl methyl sites for hydroxylation is 4. The van der Waals surface area contributed by atoms with Crippen molar-refractivity contribution in [3.8, 4) is 11.3 Å². The number of amides is 1. The topological polar surface area (TPSA) is 61.0 Å². The summed E-state index contributed by atoms with van der Waals surface area (Å²) in [5, 5.41) is 7.39. The molecule has 2 aromatic heterocycles. The van der Waals surface area contributed by atoms with E-state index in [1.165, 1.54) is 22.0 Å². The van der Waals surface area contributed by atoms with Crippen molar-refractivity contribution in [1.29, 1.82) is 0 Å².